The van der Waals surface area contributed by atoms with E-state index in [1.807, 2.05) is 70.5 Å². The van der Waals surface area contributed by atoms with Crippen LogP contribution in [0.25, 0.3) is 10.9 Å². The average molecular weight is 533 g/mol. The van der Waals surface area contributed by atoms with Gasteiger partial charge in [-0.2, -0.15) is 0 Å². The number of hydrogen-bond acceptors (Lipinski definition) is 7. The number of fused-ring (bicyclic) bond motifs is 1. The van der Waals surface area contributed by atoms with Crippen LogP contribution in [-0.2, 0) is 26.0 Å². The predicted molar refractivity (Wildman–Crippen MR) is 149 cm³/mol. The number of aryl methyl sites for hydroxylation is 4. The highest BCUT2D eigenvalue weighted by molar-refractivity contribution is 8.38. The van der Waals surface area contributed by atoms with Gasteiger partial charge in [0.15, 0.2) is 6.04 Å². The van der Waals surface area contributed by atoms with Gasteiger partial charge in [0.2, 0.25) is 0 Å². The largest absolute Gasteiger partial charge is 0.464 e. The Morgan fingerprint density at radius 1 is 1.03 bits per heavy atom. The molecule has 0 radical (unpaired) electrons. The van der Waals surface area contributed by atoms with Crippen molar-refractivity contribution >= 4 is 54.8 Å². The molecule has 0 aliphatic heterocycles. The van der Waals surface area contributed by atoms with E-state index >= 15 is 0 Å². The maximum Gasteiger partial charge on any atom is 0.331 e. The standard InChI is InChI=1S/C26H32N2O4S3/c1-8-32-25(29)22(27-26(33-6)34-7)14-20-9-10-23-21(13-20)19(5)15-28(23)35(30,31)24-17(3)11-16(2)12-18(24)4/h9-13,15,22H,8,14H2,1-7H3/t22-/m0/s1. The Morgan fingerprint density at radius 2 is 1.66 bits per heavy atom. The van der Waals surface area contributed by atoms with Gasteiger partial charge in [-0.1, -0.05) is 23.8 Å². The molecule has 0 fully saturated rings. The maximum atomic E-state index is 13.7. The highest BCUT2D eigenvalue weighted by Gasteiger charge is 2.25. The minimum atomic E-state index is -3.79. The number of aromatic nitrogens is 1. The molecular formula is C26H32N2O4S3. The van der Waals surface area contributed by atoms with Crippen LogP contribution in [0.4, 0.5) is 0 Å². The number of rotatable bonds is 7. The molecule has 1 atom stereocenters. The average Bonchev–Trinajstić information content (AvgIpc) is 3.12. The first-order valence-corrected chi connectivity index (χ1v) is 15.2. The summed E-state index contributed by atoms with van der Waals surface area (Å²) in [4.78, 5) is 17.5. The van der Waals surface area contributed by atoms with Crippen LogP contribution in [-0.4, -0.2) is 47.9 Å². The zero-order valence-electron chi connectivity index (χ0n) is 21.2. The van der Waals surface area contributed by atoms with Gasteiger partial charge < -0.3 is 4.74 Å². The van der Waals surface area contributed by atoms with E-state index in [2.05, 4.69) is 4.99 Å². The molecule has 3 rings (SSSR count). The Labute approximate surface area is 216 Å². The number of carbonyl (C=O) groups excluding carboxylic acids is 1. The van der Waals surface area contributed by atoms with Crippen LogP contribution in [0.15, 0.2) is 46.4 Å². The van der Waals surface area contributed by atoms with E-state index < -0.39 is 16.1 Å². The molecule has 188 valence electrons. The highest BCUT2D eigenvalue weighted by atomic mass is 32.2. The lowest BCUT2D eigenvalue weighted by Gasteiger charge is -2.15. The van der Waals surface area contributed by atoms with Crippen molar-refractivity contribution in [2.24, 2.45) is 4.99 Å². The van der Waals surface area contributed by atoms with Crippen molar-refractivity contribution in [3.05, 3.63) is 64.3 Å². The summed E-state index contributed by atoms with van der Waals surface area (Å²) in [5.41, 5.74) is 4.83. The third kappa shape index (κ3) is 5.78. The monoisotopic (exact) mass is 532 g/mol. The van der Waals surface area contributed by atoms with Crippen molar-refractivity contribution in [2.45, 2.75) is 52.0 Å². The molecule has 6 nitrogen and oxygen atoms in total. The zero-order chi connectivity index (χ0) is 25.9. The quantitative estimate of drug-likeness (QED) is 0.222. The topological polar surface area (TPSA) is 77.7 Å². The molecule has 0 amide bonds. The first-order chi connectivity index (χ1) is 16.5. The number of ether oxygens (including phenoxy) is 1. The number of benzene rings is 2. The SMILES string of the molecule is CCOC(=O)[C@H](Cc1ccc2c(c1)c(C)cn2S(=O)(=O)c1c(C)cc(C)cc1C)N=C(SC)SC. The minimum Gasteiger partial charge on any atom is -0.464 e. The van der Waals surface area contributed by atoms with Crippen LogP contribution in [0.1, 0.15) is 34.7 Å². The number of aliphatic imine (C=N–C) groups is 1. The van der Waals surface area contributed by atoms with Gasteiger partial charge in [-0.3, -0.25) is 4.99 Å². The van der Waals surface area contributed by atoms with E-state index in [4.69, 9.17) is 4.74 Å². The molecule has 9 heteroatoms. The lowest BCUT2D eigenvalue weighted by atomic mass is 10.0. The molecule has 2 aromatic carbocycles. The Bertz CT molecular complexity index is 1360. The predicted octanol–water partition coefficient (Wildman–Crippen LogP) is 5.67. The summed E-state index contributed by atoms with van der Waals surface area (Å²) in [5, 5.41) is 0.829. The van der Waals surface area contributed by atoms with Gasteiger partial charge in [0.25, 0.3) is 10.0 Å². The molecule has 1 heterocycles. The number of esters is 1. The lowest BCUT2D eigenvalue weighted by Crippen LogP contribution is -2.25. The molecule has 3 aromatic rings. The van der Waals surface area contributed by atoms with Crippen LogP contribution < -0.4 is 0 Å². The molecule has 1 aromatic heterocycles. The molecule has 0 unspecified atom stereocenters. The van der Waals surface area contributed by atoms with Crippen molar-refractivity contribution < 1.29 is 17.9 Å². The number of nitrogens with zero attached hydrogens (tertiary/aromatic N) is 2. The molecule has 0 aliphatic carbocycles. The smallest absolute Gasteiger partial charge is 0.331 e. The highest BCUT2D eigenvalue weighted by Crippen LogP contribution is 2.30. The molecule has 0 aliphatic rings. The molecule has 0 bridgehead atoms. The third-order valence-corrected chi connectivity index (χ3v) is 9.64. The van der Waals surface area contributed by atoms with Crippen molar-refractivity contribution in [1.29, 1.82) is 0 Å². The first kappa shape index (κ1) is 27.4. The Morgan fingerprint density at radius 3 is 2.23 bits per heavy atom. The Kier molecular flexibility index (Phi) is 8.77. The van der Waals surface area contributed by atoms with Crippen LogP contribution in [0, 0.1) is 27.7 Å². The fourth-order valence-corrected chi connectivity index (χ4v) is 7.34. The summed E-state index contributed by atoms with van der Waals surface area (Å²) in [6, 6.07) is 8.75. The second kappa shape index (κ2) is 11.2. The molecule has 0 saturated carbocycles. The van der Waals surface area contributed by atoms with Gasteiger partial charge in [-0.05, 0) is 81.5 Å². The van der Waals surface area contributed by atoms with E-state index in [0.717, 1.165) is 37.6 Å². The molecule has 35 heavy (non-hydrogen) atoms. The van der Waals surface area contributed by atoms with Crippen molar-refractivity contribution in [2.75, 3.05) is 19.1 Å². The van der Waals surface area contributed by atoms with E-state index in [0.29, 0.717) is 16.8 Å². The Hall–Kier alpha value is -2.23. The normalized spacial score (nSPS) is 12.5. The first-order valence-electron chi connectivity index (χ1n) is 11.3. The number of thioether (sulfide) groups is 2. The summed E-state index contributed by atoms with van der Waals surface area (Å²) in [5.74, 6) is -0.365. The summed E-state index contributed by atoms with van der Waals surface area (Å²) in [7, 11) is -3.79. The van der Waals surface area contributed by atoms with Crippen LogP contribution in [0.2, 0.25) is 0 Å². The van der Waals surface area contributed by atoms with Gasteiger partial charge in [-0.15, -0.1) is 23.5 Å². The second-order valence-electron chi connectivity index (χ2n) is 8.47. The minimum absolute atomic E-state index is 0.287. The fourth-order valence-electron chi connectivity index (χ4n) is 4.36. The van der Waals surface area contributed by atoms with E-state index in [9.17, 15) is 13.2 Å². The molecule has 0 N–H and O–H groups in total. The fraction of sp³-hybridized carbons (Fsp3) is 0.385. The zero-order valence-corrected chi connectivity index (χ0v) is 23.7. The summed E-state index contributed by atoms with van der Waals surface area (Å²) in [6.45, 7) is 9.58. The number of carbonyl (C=O) groups is 1. The number of hydrogen-bond donors (Lipinski definition) is 0. The van der Waals surface area contributed by atoms with Gasteiger partial charge in [0.05, 0.1) is 17.0 Å². The van der Waals surface area contributed by atoms with Gasteiger partial charge in [0, 0.05) is 18.0 Å². The van der Waals surface area contributed by atoms with Crippen molar-refractivity contribution in [1.82, 2.24) is 3.97 Å². The van der Waals surface area contributed by atoms with E-state index in [1.54, 1.807) is 13.1 Å². The van der Waals surface area contributed by atoms with Crippen molar-refractivity contribution in [3.8, 4) is 0 Å². The third-order valence-electron chi connectivity index (χ3n) is 5.75. The summed E-state index contributed by atoms with van der Waals surface area (Å²) < 4.78 is 34.8. The van der Waals surface area contributed by atoms with Gasteiger partial charge >= 0.3 is 5.97 Å². The van der Waals surface area contributed by atoms with Gasteiger partial charge in [-0.25, -0.2) is 17.2 Å². The second-order valence-corrected chi connectivity index (χ2v) is 12.1. The van der Waals surface area contributed by atoms with Crippen molar-refractivity contribution in [3.63, 3.8) is 0 Å². The molecular weight excluding hydrogens is 500 g/mol. The van der Waals surface area contributed by atoms with Crippen LogP contribution in [0.5, 0.6) is 0 Å². The van der Waals surface area contributed by atoms with Crippen LogP contribution in [0.3, 0.4) is 0 Å². The molecule has 0 saturated heterocycles. The van der Waals surface area contributed by atoms with Gasteiger partial charge in [0.1, 0.15) is 4.38 Å². The van der Waals surface area contributed by atoms with E-state index in [1.165, 1.54) is 27.5 Å². The summed E-state index contributed by atoms with van der Waals surface area (Å²) in [6.07, 6.45) is 5.89. The Balaban J connectivity index is 2.07. The summed E-state index contributed by atoms with van der Waals surface area (Å²) >= 11 is 2.98. The van der Waals surface area contributed by atoms with Crippen LogP contribution >= 0.6 is 23.5 Å². The lowest BCUT2D eigenvalue weighted by molar-refractivity contribution is -0.144. The molecule has 0 spiro atoms. The van der Waals surface area contributed by atoms with E-state index in [-0.39, 0.29) is 12.6 Å². The maximum absolute atomic E-state index is 13.7.